The zero-order valence-electron chi connectivity index (χ0n) is 16.3. The average Bonchev–Trinajstić information content (AvgIpc) is 3.34. The van der Waals surface area contributed by atoms with Crippen LogP contribution in [-0.4, -0.2) is 45.0 Å². The second-order valence-electron chi connectivity index (χ2n) is 6.51. The summed E-state index contributed by atoms with van der Waals surface area (Å²) in [6, 6.07) is 3.62. The van der Waals surface area contributed by atoms with Gasteiger partial charge in [-0.05, 0) is 13.8 Å². The van der Waals surface area contributed by atoms with Crippen LogP contribution in [0, 0.1) is 6.92 Å². The summed E-state index contributed by atoms with van der Waals surface area (Å²) in [5, 5.41) is 14.5. The molecular weight excluding hydrogens is 374 g/mol. The molecule has 0 aromatic carbocycles. The number of carbonyl (C=O) groups is 1. The fourth-order valence-electron chi connectivity index (χ4n) is 2.99. The molecule has 29 heavy (non-hydrogen) atoms. The van der Waals surface area contributed by atoms with Gasteiger partial charge in [0.15, 0.2) is 22.8 Å². The first-order chi connectivity index (χ1) is 13.9. The molecule has 0 radical (unpaired) electrons. The second kappa shape index (κ2) is 7.22. The van der Waals surface area contributed by atoms with Crippen LogP contribution in [0.25, 0.3) is 11.2 Å². The minimum Gasteiger partial charge on any atom is -0.368 e. The van der Waals surface area contributed by atoms with E-state index in [0.717, 1.165) is 5.69 Å². The zero-order chi connectivity index (χ0) is 20.5. The van der Waals surface area contributed by atoms with Gasteiger partial charge in [-0.2, -0.15) is 20.2 Å². The van der Waals surface area contributed by atoms with Crippen LogP contribution in [0.1, 0.15) is 12.6 Å². The molecule has 0 saturated carbocycles. The van der Waals surface area contributed by atoms with Crippen molar-refractivity contribution in [2.24, 2.45) is 7.05 Å². The molecule has 12 nitrogen and oxygen atoms in total. The maximum Gasteiger partial charge on any atom is 0.245 e. The normalized spacial score (nSPS) is 11.1. The summed E-state index contributed by atoms with van der Waals surface area (Å²) in [6.07, 6.45) is 3.33. The third-order valence-corrected chi connectivity index (χ3v) is 4.22. The Bertz CT molecular complexity index is 1190. The second-order valence-corrected chi connectivity index (χ2v) is 6.51. The Hall–Kier alpha value is -3.96. The maximum atomic E-state index is 12.6. The quantitative estimate of drug-likeness (QED) is 0.439. The first-order valence-corrected chi connectivity index (χ1v) is 9.02. The van der Waals surface area contributed by atoms with Gasteiger partial charge in [-0.1, -0.05) is 0 Å². The van der Waals surface area contributed by atoms with Gasteiger partial charge in [-0.15, -0.1) is 0 Å². The molecule has 0 aliphatic heterocycles. The maximum absolute atomic E-state index is 12.6. The zero-order valence-corrected chi connectivity index (χ0v) is 16.3. The lowest BCUT2D eigenvalue weighted by atomic mass is 10.4. The van der Waals surface area contributed by atoms with E-state index in [4.69, 9.17) is 5.73 Å². The average molecular weight is 395 g/mol. The number of carbonyl (C=O) groups excluding carboxylic acids is 1. The summed E-state index contributed by atoms with van der Waals surface area (Å²) >= 11 is 0. The largest absolute Gasteiger partial charge is 0.368 e. The van der Waals surface area contributed by atoms with Crippen LogP contribution in [0.2, 0.25) is 0 Å². The summed E-state index contributed by atoms with van der Waals surface area (Å²) in [7, 11) is 1.81. The van der Waals surface area contributed by atoms with Crippen molar-refractivity contribution in [3.8, 4) is 0 Å². The van der Waals surface area contributed by atoms with Gasteiger partial charge < -0.3 is 20.9 Å². The van der Waals surface area contributed by atoms with E-state index in [1.54, 1.807) is 26.2 Å². The minimum absolute atomic E-state index is 0.0178. The molecule has 0 atom stereocenters. The van der Waals surface area contributed by atoms with Gasteiger partial charge in [0.25, 0.3) is 0 Å². The van der Waals surface area contributed by atoms with Crippen LogP contribution in [0.4, 0.5) is 23.4 Å². The van der Waals surface area contributed by atoms with E-state index >= 15 is 0 Å². The lowest BCUT2D eigenvalue weighted by Crippen LogP contribution is -2.20. The number of amides is 1. The third-order valence-electron chi connectivity index (χ3n) is 4.22. The van der Waals surface area contributed by atoms with Crippen molar-refractivity contribution in [2.45, 2.75) is 26.9 Å². The van der Waals surface area contributed by atoms with Crippen molar-refractivity contribution >= 4 is 40.5 Å². The molecule has 4 aromatic rings. The van der Waals surface area contributed by atoms with Crippen molar-refractivity contribution in [2.75, 3.05) is 16.4 Å². The van der Waals surface area contributed by atoms with Gasteiger partial charge >= 0.3 is 0 Å². The number of nitrogen functional groups attached to an aromatic ring is 1. The molecule has 12 heteroatoms. The molecule has 0 bridgehead atoms. The van der Waals surface area contributed by atoms with E-state index in [0.29, 0.717) is 35.2 Å². The molecule has 4 N–H and O–H groups in total. The van der Waals surface area contributed by atoms with Crippen LogP contribution in [-0.2, 0) is 24.9 Å². The van der Waals surface area contributed by atoms with Crippen molar-refractivity contribution in [3.63, 3.8) is 0 Å². The number of hydrogen-bond donors (Lipinski definition) is 3. The summed E-state index contributed by atoms with van der Waals surface area (Å²) < 4.78 is 5.01. The van der Waals surface area contributed by atoms with Gasteiger partial charge in [0.1, 0.15) is 12.4 Å². The van der Waals surface area contributed by atoms with E-state index in [1.165, 1.54) is 6.33 Å². The smallest absolute Gasteiger partial charge is 0.245 e. The molecular formula is C17H21N11O. The van der Waals surface area contributed by atoms with Gasteiger partial charge in [-0.25, -0.2) is 9.67 Å². The highest BCUT2D eigenvalue weighted by Gasteiger charge is 2.16. The lowest BCUT2D eigenvalue weighted by molar-refractivity contribution is -0.116. The molecule has 4 rings (SSSR count). The predicted molar refractivity (Wildman–Crippen MR) is 107 cm³/mol. The van der Waals surface area contributed by atoms with Crippen LogP contribution in [0.15, 0.2) is 24.7 Å². The molecule has 0 fully saturated rings. The van der Waals surface area contributed by atoms with Crippen LogP contribution < -0.4 is 16.4 Å². The van der Waals surface area contributed by atoms with Crippen LogP contribution in [0.5, 0.6) is 0 Å². The fraction of sp³-hybridized carbons (Fsp3) is 0.294. The van der Waals surface area contributed by atoms with Crippen molar-refractivity contribution < 1.29 is 4.79 Å². The molecule has 4 heterocycles. The van der Waals surface area contributed by atoms with Crippen LogP contribution >= 0.6 is 0 Å². The number of rotatable bonds is 6. The number of nitrogens with one attached hydrogen (secondary N) is 2. The number of aryl methyl sites for hydroxylation is 3. The first kappa shape index (κ1) is 18.4. The molecule has 0 saturated heterocycles. The van der Waals surface area contributed by atoms with Crippen molar-refractivity contribution in [3.05, 3.63) is 30.4 Å². The molecule has 0 aliphatic rings. The number of fused-ring (bicyclic) bond motifs is 1. The summed E-state index contributed by atoms with van der Waals surface area (Å²) in [5.41, 5.74) is 7.64. The van der Waals surface area contributed by atoms with Gasteiger partial charge in [-0.3, -0.25) is 9.48 Å². The van der Waals surface area contributed by atoms with E-state index in [2.05, 4.69) is 35.8 Å². The van der Waals surface area contributed by atoms with Crippen LogP contribution in [0.3, 0.4) is 0 Å². The number of nitrogens with two attached hydrogens (primary N) is 1. The summed E-state index contributed by atoms with van der Waals surface area (Å²) in [6.45, 7) is 4.51. The molecule has 150 valence electrons. The standard InChI is InChI=1S/C17H21N11O/c1-4-28-12(7-10(2)24-28)21-13(29)8-27-9-19-14-15(22-17(18)23-16(14)27)20-11-5-6-26(3)25-11/h5-7,9H,4,8H2,1-3H3,(H,21,29)(H3,18,20,22,23,25). The fourth-order valence-corrected chi connectivity index (χ4v) is 2.99. The van der Waals surface area contributed by atoms with Gasteiger partial charge in [0, 0.05) is 31.9 Å². The predicted octanol–water partition coefficient (Wildman–Crippen LogP) is 1.05. The number of anilines is 4. The minimum atomic E-state index is -0.227. The molecule has 4 aromatic heterocycles. The lowest BCUT2D eigenvalue weighted by Gasteiger charge is -2.08. The monoisotopic (exact) mass is 395 g/mol. The highest BCUT2D eigenvalue weighted by atomic mass is 16.2. The Labute approximate surface area is 165 Å². The number of nitrogens with zero attached hydrogens (tertiary/aromatic N) is 8. The molecule has 1 amide bonds. The van der Waals surface area contributed by atoms with E-state index in [1.807, 2.05) is 27.0 Å². The SMILES string of the molecule is CCn1nc(C)cc1NC(=O)Cn1cnc2c(Nc3ccn(C)n3)nc(N)nc21. The number of aromatic nitrogens is 8. The van der Waals surface area contributed by atoms with Crippen molar-refractivity contribution in [1.29, 1.82) is 0 Å². The third kappa shape index (κ3) is 3.72. The topological polar surface area (TPSA) is 146 Å². The summed E-state index contributed by atoms with van der Waals surface area (Å²) in [4.78, 5) is 25.4. The Morgan fingerprint density at radius 3 is 2.83 bits per heavy atom. The Morgan fingerprint density at radius 1 is 1.28 bits per heavy atom. The van der Waals surface area contributed by atoms with Gasteiger partial charge in [0.2, 0.25) is 11.9 Å². The number of imidazole rings is 1. The Morgan fingerprint density at radius 2 is 2.10 bits per heavy atom. The van der Waals surface area contributed by atoms with E-state index in [-0.39, 0.29) is 18.4 Å². The van der Waals surface area contributed by atoms with Gasteiger partial charge in [0.05, 0.1) is 12.0 Å². The molecule has 0 spiro atoms. The first-order valence-electron chi connectivity index (χ1n) is 9.02. The van der Waals surface area contributed by atoms with E-state index in [9.17, 15) is 4.79 Å². The molecule has 0 aliphatic carbocycles. The highest BCUT2D eigenvalue weighted by Crippen LogP contribution is 2.22. The molecule has 0 unspecified atom stereocenters. The Kier molecular flexibility index (Phi) is 4.58. The number of hydrogen-bond acceptors (Lipinski definition) is 8. The van der Waals surface area contributed by atoms with Crippen molar-refractivity contribution in [1.82, 2.24) is 39.1 Å². The highest BCUT2D eigenvalue weighted by molar-refractivity contribution is 5.92. The van der Waals surface area contributed by atoms with E-state index < -0.39 is 0 Å². The Balaban J connectivity index is 1.59. The summed E-state index contributed by atoms with van der Waals surface area (Å²) in [5.74, 6) is 1.51.